The Hall–Kier alpha value is -2.08. The molecular weight excluding hydrogens is 214 g/mol. The van der Waals surface area contributed by atoms with E-state index in [-0.39, 0.29) is 12.2 Å². The molecule has 0 saturated carbocycles. The summed E-state index contributed by atoms with van der Waals surface area (Å²) in [5.74, 6) is -0.573. The molecule has 1 aromatic carbocycles. The lowest BCUT2D eigenvalue weighted by molar-refractivity contribution is -0.137. The van der Waals surface area contributed by atoms with E-state index in [2.05, 4.69) is 0 Å². The molecule has 0 aliphatic heterocycles. The number of nitriles is 1. The van der Waals surface area contributed by atoms with Crippen LogP contribution in [0.15, 0.2) is 23.8 Å². The second-order valence-electron chi connectivity index (χ2n) is 3.75. The molecule has 0 aliphatic rings. The van der Waals surface area contributed by atoms with E-state index in [0.717, 1.165) is 16.7 Å². The lowest BCUT2D eigenvalue weighted by Gasteiger charge is -2.03. The first-order chi connectivity index (χ1) is 8.08. The van der Waals surface area contributed by atoms with E-state index in [1.165, 1.54) is 0 Å². The Morgan fingerprint density at radius 2 is 2.18 bits per heavy atom. The SMILES string of the molecule is CCOC(=O)/C(C#N)=C\c1cc(C)ccc1C. The fourth-order valence-electron chi connectivity index (χ4n) is 1.42. The Bertz CT molecular complexity index is 495. The Morgan fingerprint density at radius 3 is 2.76 bits per heavy atom. The molecule has 0 atom stereocenters. The van der Waals surface area contributed by atoms with Crippen molar-refractivity contribution in [3.8, 4) is 6.07 Å². The number of esters is 1. The molecule has 17 heavy (non-hydrogen) atoms. The van der Waals surface area contributed by atoms with Crippen LogP contribution in [0.2, 0.25) is 0 Å². The van der Waals surface area contributed by atoms with Gasteiger partial charge in [-0.3, -0.25) is 0 Å². The van der Waals surface area contributed by atoms with E-state index in [9.17, 15) is 4.79 Å². The predicted octanol–water partition coefficient (Wildman–Crippen LogP) is 2.77. The van der Waals surface area contributed by atoms with E-state index in [4.69, 9.17) is 10.00 Å². The topological polar surface area (TPSA) is 50.1 Å². The summed E-state index contributed by atoms with van der Waals surface area (Å²) in [6.45, 7) is 5.88. The van der Waals surface area contributed by atoms with Gasteiger partial charge < -0.3 is 4.74 Å². The number of carbonyl (C=O) groups is 1. The number of aryl methyl sites for hydroxylation is 2. The van der Waals surface area contributed by atoms with Crippen molar-refractivity contribution >= 4 is 12.0 Å². The Kier molecular flexibility index (Phi) is 4.47. The highest BCUT2D eigenvalue weighted by molar-refractivity contribution is 5.98. The fraction of sp³-hybridized carbons (Fsp3) is 0.286. The fourth-order valence-corrected chi connectivity index (χ4v) is 1.42. The summed E-state index contributed by atoms with van der Waals surface area (Å²) < 4.78 is 4.81. The quantitative estimate of drug-likeness (QED) is 0.455. The Balaban J connectivity index is 3.11. The van der Waals surface area contributed by atoms with Crippen molar-refractivity contribution in [1.29, 1.82) is 5.26 Å². The molecular formula is C14H15NO2. The monoisotopic (exact) mass is 229 g/mol. The number of hydrogen-bond donors (Lipinski definition) is 0. The smallest absolute Gasteiger partial charge is 0.348 e. The van der Waals surface area contributed by atoms with E-state index < -0.39 is 5.97 Å². The van der Waals surface area contributed by atoms with E-state index >= 15 is 0 Å². The van der Waals surface area contributed by atoms with Crippen molar-refractivity contribution in [2.45, 2.75) is 20.8 Å². The molecule has 0 unspecified atom stereocenters. The third kappa shape index (κ3) is 3.46. The van der Waals surface area contributed by atoms with E-state index in [1.807, 2.05) is 38.1 Å². The number of nitrogens with zero attached hydrogens (tertiary/aromatic N) is 1. The van der Waals surface area contributed by atoms with Gasteiger partial charge in [0.1, 0.15) is 11.6 Å². The van der Waals surface area contributed by atoms with Crippen molar-refractivity contribution in [2.24, 2.45) is 0 Å². The molecule has 3 heteroatoms. The third-order valence-corrected chi connectivity index (χ3v) is 2.35. The maximum atomic E-state index is 11.5. The van der Waals surface area contributed by atoms with Crippen LogP contribution >= 0.6 is 0 Å². The average molecular weight is 229 g/mol. The zero-order valence-electron chi connectivity index (χ0n) is 10.3. The molecule has 0 saturated heterocycles. The molecule has 0 fully saturated rings. The first-order valence-corrected chi connectivity index (χ1v) is 5.44. The first kappa shape index (κ1) is 13.0. The molecule has 3 nitrogen and oxygen atoms in total. The second kappa shape index (κ2) is 5.86. The van der Waals surface area contributed by atoms with Crippen LogP contribution < -0.4 is 0 Å². The average Bonchev–Trinajstić information content (AvgIpc) is 2.30. The van der Waals surface area contributed by atoms with Crippen LogP contribution in [-0.4, -0.2) is 12.6 Å². The summed E-state index contributed by atoms with van der Waals surface area (Å²) in [6.07, 6.45) is 1.57. The lowest BCUT2D eigenvalue weighted by Crippen LogP contribution is -2.06. The van der Waals surface area contributed by atoms with Crippen molar-refractivity contribution in [1.82, 2.24) is 0 Å². The van der Waals surface area contributed by atoms with Gasteiger partial charge in [0.2, 0.25) is 0 Å². The number of carbonyl (C=O) groups excluding carboxylic acids is 1. The summed E-state index contributed by atoms with van der Waals surface area (Å²) in [7, 11) is 0. The van der Waals surface area contributed by atoms with Crippen LogP contribution in [-0.2, 0) is 9.53 Å². The molecule has 88 valence electrons. The zero-order chi connectivity index (χ0) is 12.8. The molecule has 1 rings (SSSR count). The van der Waals surface area contributed by atoms with Gasteiger partial charge in [0, 0.05) is 0 Å². The lowest BCUT2D eigenvalue weighted by atomic mass is 10.0. The molecule has 0 amide bonds. The third-order valence-electron chi connectivity index (χ3n) is 2.35. The maximum absolute atomic E-state index is 11.5. The van der Waals surface area contributed by atoms with Gasteiger partial charge in [-0.05, 0) is 38.0 Å². The molecule has 0 aliphatic carbocycles. The number of benzene rings is 1. The predicted molar refractivity (Wildman–Crippen MR) is 66.1 cm³/mol. The maximum Gasteiger partial charge on any atom is 0.348 e. The molecule has 0 bridgehead atoms. The minimum Gasteiger partial charge on any atom is -0.462 e. The minimum absolute atomic E-state index is 0.0283. The summed E-state index contributed by atoms with van der Waals surface area (Å²) in [4.78, 5) is 11.5. The highest BCUT2D eigenvalue weighted by Gasteiger charge is 2.10. The van der Waals surface area contributed by atoms with Crippen LogP contribution in [0.4, 0.5) is 0 Å². The Labute approximate surface area is 101 Å². The highest BCUT2D eigenvalue weighted by Crippen LogP contribution is 2.15. The molecule has 0 N–H and O–H groups in total. The van der Waals surface area contributed by atoms with Crippen LogP contribution in [0.3, 0.4) is 0 Å². The summed E-state index contributed by atoms with van der Waals surface area (Å²) in [5.41, 5.74) is 3.01. The van der Waals surface area contributed by atoms with Crippen molar-refractivity contribution in [3.05, 3.63) is 40.5 Å². The van der Waals surface area contributed by atoms with Gasteiger partial charge in [-0.1, -0.05) is 23.8 Å². The Morgan fingerprint density at radius 1 is 1.47 bits per heavy atom. The standard InChI is InChI=1S/C14H15NO2/c1-4-17-14(16)13(9-15)8-12-7-10(2)5-6-11(12)3/h5-8H,4H2,1-3H3/b13-8-. The van der Waals surface area contributed by atoms with Gasteiger partial charge in [-0.2, -0.15) is 5.26 Å². The minimum atomic E-state index is -0.573. The van der Waals surface area contributed by atoms with Crippen molar-refractivity contribution < 1.29 is 9.53 Å². The largest absolute Gasteiger partial charge is 0.462 e. The first-order valence-electron chi connectivity index (χ1n) is 5.44. The summed E-state index contributed by atoms with van der Waals surface area (Å²) >= 11 is 0. The van der Waals surface area contributed by atoms with Gasteiger partial charge in [-0.15, -0.1) is 0 Å². The molecule has 0 aromatic heterocycles. The van der Waals surface area contributed by atoms with Crippen molar-refractivity contribution in [3.63, 3.8) is 0 Å². The summed E-state index contributed by atoms with van der Waals surface area (Å²) in [5, 5.41) is 8.93. The van der Waals surface area contributed by atoms with Crippen LogP contribution in [0.5, 0.6) is 0 Å². The van der Waals surface area contributed by atoms with Crippen molar-refractivity contribution in [2.75, 3.05) is 6.61 Å². The van der Waals surface area contributed by atoms with E-state index in [0.29, 0.717) is 0 Å². The van der Waals surface area contributed by atoms with Gasteiger partial charge >= 0.3 is 5.97 Å². The second-order valence-corrected chi connectivity index (χ2v) is 3.75. The van der Waals surface area contributed by atoms with Gasteiger partial charge in [0.15, 0.2) is 0 Å². The summed E-state index contributed by atoms with van der Waals surface area (Å²) in [6, 6.07) is 7.75. The van der Waals surface area contributed by atoms with Crippen LogP contribution in [0, 0.1) is 25.2 Å². The van der Waals surface area contributed by atoms with Crippen LogP contribution in [0.1, 0.15) is 23.6 Å². The number of rotatable bonds is 3. The highest BCUT2D eigenvalue weighted by atomic mass is 16.5. The molecule has 1 aromatic rings. The number of hydrogen-bond acceptors (Lipinski definition) is 3. The molecule has 0 radical (unpaired) electrons. The van der Waals surface area contributed by atoms with Gasteiger partial charge in [0.05, 0.1) is 6.61 Å². The van der Waals surface area contributed by atoms with Gasteiger partial charge in [-0.25, -0.2) is 4.79 Å². The normalized spacial score (nSPS) is 10.8. The molecule has 0 spiro atoms. The zero-order valence-corrected chi connectivity index (χ0v) is 10.3. The van der Waals surface area contributed by atoms with Gasteiger partial charge in [0.25, 0.3) is 0 Å². The van der Waals surface area contributed by atoms with E-state index in [1.54, 1.807) is 13.0 Å². The number of ether oxygens (including phenoxy) is 1. The van der Waals surface area contributed by atoms with Crippen LogP contribution in [0.25, 0.3) is 6.08 Å². The molecule has 0 heterocycles.